The van der Waals surface area contributed by atoms with E-state index in [2.05, 4.69) is 61.1 Å². The predicted molar refractivity (Wildman–Crippen MR) is 84.2 cm³/mol. The van der Waals surface area contributed by atoms with E-state index in [4.69, 9.17) is 0 Å². The van der Waals surface area contributed by atoms with Crippen molar-refractivity contribution in [1.82, 2.24) is 5.32 Å². The molecule has 1 atom stereocenters. The quantitative estimate of drug-likeness (QED) is 0.720. The van der Waals surface area contributed by atoms with Crippen molar-refractivity contribution in [1.29, 1.82) is 0 Å². The Labute approximate surface area is 120 Å². The molecule has 0 fully saturated rings. The highest BCUT2D eigenvalue weighted by Crippen LogP contribution is 2.28. The molecule has 0 saturated carbocycles. The van der Waals surface area contributed by atoms with Gasteiger partial charge in [-0.15, -0.1) is 0 Å². The van der Waals surface area contributed by atoms with Crippen LogP contribution in [-0.2, 0) is 0 Å². The lowest BCUT2D eigenvalue weighted by Gasteiger charge is -2.22. The molecule has 102 valence electrons. The van der Waals surface area contributed by atoms with Gasteiger partial charge in [0.15, 0.2) is 0 Å². The Kier molecular flexibility index (Phi) is 6.95. The zero-order valence-electron chi connectivity index (χ0n) is 12.1. The Morgan fingerprint density at radius 2 is 1.83 bits per heavy atom. The Bertz CT molecular complexity index is 366. The first kappa shape index (κ1) is 15.7. The zero-order valence-corrected chi connectivity index (χ0v) is 13.7. The van der Waals surface area contributed by atoms with Crippen LogP contribution < -0.4 is 5.32 Å². The summed E-state index contributed by atoms with van der Waals surface area (Å²) in [7, 11) is 0. The van der Waals surface area contributed by atoms with E-state index in [9.17, 15) is 0 Å². The third kappa shape index (κ3) is 4.40. The Morgan fingerprint density at radius 3 is 2.44 bits per heavy atom. The van der Waals surface area contributed by atoms with Crippen LogP contribution in [0.25, 0.3) is 0 Å². The molecule has 0 aliphatic heterocycles. The van der Waals surface area contributed by atoms with Crippen molar-refractivity contribution in [2.45, 2.75) is 59.4 Å². The number of hydrogen-bond acceptors (Lipinski definition) is 1. The fourth-order valence-corrected chi connectivity index (χ4v) is 2.73. The number of hydrogen-bond donors (Lipinski definition) is 1. The Hall–Kier alpha value is -0.340. The maximum atomic E-state index is 3.69. The van der Waals surface area contributed by atoms with Gasteiger partial charge in [0, 0.05) is 10.5 Å². The molecule has 0 radical (unpaired) electrons. The second-order valence-electron chi connectivity index (χ2n) is 5.11. The van der Waals surface area contributed by atoms with E-state index in [1.165, 1.54) is 46.8 Å². The predicted octanol–water partition coefficient (Wildman–Crippen LogP) is 5.30. The highest BCUT2D eigenvalue weighted by atomic mass is 79.9. The molecule has 1 N–H and O–H groups in total. The topological polar surface area (TPSA) is 12.0 Å². The summed E-state index contributed by atoms with van der Waals surface area (Å²) >= 11 is 3.61. The fraction of sp³-hybridized carbons (Fsp3) is 0.625. The summed E-state index contributed by atoms with van der Waals surface area (Å²) in [6.45, 7) is 9.97. The SMILES string of the molecule is CCCCC(NCCC)c1cc(C)c(Br)cc1C. The summed E-state index contributed by atoms with van der Waals surface area (Å²) in [6, 6.07) is 5.09. The normalized spacial score (nSPS) is 12.7. The largest absolute Gasteiger partial charge is 0.310 e. The summed E-state index contributed by atoms with van der Waals surface area (Å²) in [5, 5.41) is 3.69. The monoisotopic (exact) mass is 311 g/mol. The average Bonchev–Trinajstić information content (AvgIpc) is 2.35. The number of unbranched alkanes of at least 4 members (excludes halogenated alkanes) is 1. The minimum absolute atomic E-state index is 0.511. The number of benzene rings is 1. The van der Waals surface area contributed by atoms with Crippen LogP contribution in [0, 0.1) is 13.8 Å². The van der Waals surface area contributed by atoms with Crippen molar-refractivity contribution >= 4 is 15.9 Å². The van der Waals surface area contributed by atoms with Crippen molar-refractivity contribution in [2.75, 3.05) is 6.54 Å². The molecular weight excluding hydrogens is 286 g/mol. The molecule has 0 amide bonds. The maximum absolute atomic E-state index is 3.69. The molecule has 0 aromatic heterocycles. The molecule has 0 heterocycles. The van der Waals surface area contributed by atoms with Crippen LogP contribution in [0.3, 0.4) is 0 Å². The van der Waals surface area contributed by atoms with Gasteiger partial charge in [0.25, 0.3) is 0 Å². The Morgan fingerprint density at radius 1 is 1.11 bits per heavy atom. The van der Waals surface area contributed by atoms with Crippen LogP contribution in [-0.4, -0.2) is 6.54 Å². The fourth-order valence-electron chi connectivity index (χ4n) is 2.27. The molecule has 0 aliphatic carbocycles. The number of aryl methyl sites for hydroxylation is 2. The second-order valence-corrected chi connectivity index (χ2v) is 5.96. The molecule has 18 heavy (non-hydrogen) atoms. The lowest BCUT2D eigenvalue weighted by Crippen LogP contribution is -2.23. The van der Waals surface area contributed by atoms with Gasteiger partial charge in [-0.1, -0.05) is 48.7 Å². The van der Waals surface area contributed by atoms with Gasteiger partial charge in [0.05, 0.1) is 0 Å². The van der Waals surface area contributed by atoms with Gasteiger partial charge in [0.2, 0.25) is 0 Å². The van der Waals surface area contributed by atoms with Gasteiger partial charge >= 0.3 is 0 Å². The van der Waals surface area contributed by atoms with E-state index < -0.39 is 0 Å². The summed E-state index contributed by atoms with van der Waals surface area (Å²) in [4.78, 5) is 0. The summed E-state index contributed by atoms with van der Waals surface area (Å²) < 4.78 is 1.22. The summed E-state index contributed by atoms with van der Waals surface area (Å²) in [6.07, 6.45) is 4.98. The third-order valence-electron chi connectivity index (χ3n) is 3.41. The van der Waals surface area contributed by atoms with Crippen LogP contribution in [0.2, 0.25) is 0 Å². The molecule has 1 nitrogen and oxygen atoms in total. The third-order valence-corrected chi connectivity index (χ3v) is 4.26. The first-order valence-electron chi connectivity index (χ1n) is 7.10. The summed E-state index contributed by atoms with van der Waals surface area (Å²) in [5.41, 5.74) is 4.19. The molecule has 0 aliphatic rings. The van der Waals surface area contributed by atoms with E-state index in [1.54, 1.807) is 0 Å². The Balaban J connectivity index is 2.92. The molecule has 0 saturated heterocycles. The van der Waals surface area contributed by atoms with E-state index in [0.29, 0.717) is 6.04 Å². The highest BCUT2D eigenvalue weighted by molar-refractivity contribution is 9.10. The number of nitrogens with one attached hydrogen (secondary N) is 1. The van der Waals surface area contributed by atoms with E-state index in [1.807, 2.05) is 0 Å². The van der Waals surface area contributed by atoms with Crippen LogP contribution in [0.4, 0.5) is 0 Å². The minimum atomic E-state index is 0.511. The average molecular weight is 312 g/mol. The first-order chi connectivity index (χ1) is 8.60. The molecule has 0 bridgehead atoms. The van der Waals surface area contributed by atoms with E-state index in [-0.39, 0.29) is 0 Å². The van der Waals surface area contributed by atoms with Crippen LogP contribution in [0.5, 0.6) is 0 Å². The maximum Gasteiger partial charge on any atom is 0.0322 e. The van der Waals surface area contributed by atoms with Crippen LogP contribution in [0.15, 0.2) is 16.6 Å². The minimum Gasteiger partial charge on any atom is -0.310 e. The van der Waals surface area contributed by atoms with E-state index >= 15 is 0 Å². The molecule has 1 aromatic carbocycles. The molecular formula is C16H26BrN. The van der Waals surface area contributed by atoms with Crippen molar-refractivity contribution in [2.24, 2.45) is 0 Å². The lowest BCUT2D eigenvalue weighted by molar-refractivity contribution is 0.479. The van der Waals surface area contributed by atoms with Gasteiger partial charge in [-0.25, -0.2) is 0 Å². The van der Waals surface area contributed by atoms with Gasteiger partial charge < -0.3 is 5.32 Å². The van der Waals surface area contributed by atoms with Crippen molar-refractivity contribution in [3.63, 3.8) is 0 Å². The van der Waals surface area contributed by atoms with Crippen molar-refractivity contribution in [3.05, 3.63) is 33.3 Å². The van der Waals surface area contributed by atoms with Gasteiger partial charge in [-0.05, 0) is 56.0 Å². The molecule has 1 rings (SSSR count). The van der Waals surface area contributed by atoms with Crippen molar-refractivity contribution < 1.29 is 0 Å². The highest BCUT2D eigenvalue weighted by Gasteiger charge is 2.13. The lowest BCUT2D eigenvalue weighted by atomic mass is 9.95. The van der Waals surface area contributed by atoms with Crippen LogP contribution in [0.1, 0.15) is 62.3 Å². The molecule has 2 heteroatoms. The standard InChI is InChI=1S/C16H26BrN/c1-5-7-8-16(18-9-6-2)14-10-13(4)15(17)11-12(14)3/h10-11,16,18H,5-9H2,1-4H3. The van der Waals surface area contributed by atoms with E-state index in [0.717, 1.165) is 6.54 Å². The second kappa shape index (κ2) is 7.96. The van der Waals surface area contributed by atoms with Gasteiger partial charge in [-0.3, -0.25) is 0 Å². The van der Waals surface area contributed by atoms with Gasteiger partial charge in [0.1, 0.15) is 0 Å². The molecule has 1 unspecified atom stereocenters. The molecule has 0 spiro atoms. The number of halogens is 1. The zero-order chi connectivity index (χ0) is 13.5. The van der Waals surface area contributed by atoms with Crippen molar-refractivity contribution in [3.8, 4) is 0 Å². The number of rotatable bonds is 7. The van der Waals surface area contributed by atoms with Gasteiger partial charge in [-0.2, -0.15) is 0 Å². The van der Waals surface area contributed by atoms with Crippen LogP contribution >= 0.6 is 15.9 Å². The summed E-state index contributed by atoms with van der Waals surface area (Å²) in [5.74, 6) is 0. The smallest absolute Gasteiger partial charge is 0.0322 e. The molecule has 1 aromatic rings. The first-order valence-corrected chi connectivity index (χ1v) is 7.89.